The Balaban J connectivity index is 2.07. The van der Waals surface area contributed by atoms with Gasteiger partial charge in [-0.05, 0) is 24.3 Å². The fourth-order valence-electron chi connectivity index (χ4n) is 1.47. The minimum Gasteiger partial charge on any atom is -0.399 e. The molecule has 1 aliphatic rings. The predicted octanol–water partition coefficient (Wildman–Crippen LogP) is 1.98. The predicted molar refractivity (Wildman–Crippen MR) is 63.8 cm³/mol. The van der Waals surface area contributed by atoms with E-state index in [9.17, 15) is 0 Å². The van der Waals surface area contributed by atoms with E-state index in [-0.39, 0.29) is 6.29 Å². The summed E-state index contributed by atoms with van der Waals surface area (Å²) in [6, 6.07) is 7.33. The highest BCUT2D eigenvalue weighted by Gasteiger charge is 2.18. The summed E-state index contributed by atoms with van der Waals surface area (Å²) in [5.74, 6) is 0. The van der Waals surface area contributed by atoms with Crippen molar-refractivity contribution >= 4 is 11.4 Å². The summed E-state index contributed by atoms with van der Waals surface area (Å²) >= 11 is 0. The maximum absolute atomic E-state index is 5.59. The molecule has 0 aliphatic carbocycles. The molecule has 0 fully saturated rings. The van der Waals surface area contributed by atoms with Crippen LogP contribution in [0.4, 0.5) is 11.4 Å². The third-order valence-electron chi connectivity index (χ3n) is 2.44. The zero-order chi connectivity index (χ0) is 11.5. The van der Waals surface area contributed by atoms with Gasteiger partial charge in [-0.3, -0.25) is 0 Å². The van der Waals surface area contributed by atoms with Crippen LogP contribution in [-0.4, -0.2) is 30.2 Å². The van der Waals surface area contributed by atoms with E-state index in [1.165, 1.54) is 0 Å². The Morgan fingerprint density at radius 3 is 2.19 bits per heavy atom. The van der Waals surface area contributed by atoms with Gasteiger partial charge in [0.2, 0.25) is 6.29 Å². The van der Waals surface area contributed by atoms with Crippen LogP contribution in [0.15, 0.2) is 46.9 Å². The van der Waals surface area contributed by atoms with Gasteiger partial charge in [0.15, 0.2) is 0 Å². The first-order chi connectivity index (χ1) is 7.66. The van der Waals surface area contributed by atoms with Crippen LogP contribution < -0.4 is 5.73 Å². The van der Waals surface area contributed by atoms with E-state index >= 15 is 0 Å². The second-order valence-electron chi connectivity index (χ2n) is 3.78. The maximum Gasteiger partial charge on any atom is 0.217 e. The molecule has 0 saturated carbocycles. The molecule has 2 rings (SSSR count). The number of nitrogens with two attached hydrogens (primary N) is 1. The normalized spacial score (nSPS) is 16.6. The van der Waals surface area contributed by atoms with Crippen molar-refractivity contribution in [1.29, 1.82) is 0 Å². The van der Waals surface area contributed by atoms with Crippen molar-refractivity contribution in [2.24, 2.45) is 10.2 Å². The Hall–Kier alpha value is -2.04. The fourth-order valence-corrected chi connectivity index (χ4v) is 1.47. The molecule has 1 aliphatic heterocycles. The molecule has 0 bridgehead atoms. The van der Waals surface area contributed by atoms with Crippen molar-refractivity contribution in [2.75, 3.05) is 19.8 Å². The topological polar surface area (TPSA) is 57.2 Å². The van der Waals surface area contributed by atoms with Gasteiger partial charge in [-0.25, -0.2) is 0 Å². The average Bonchev–Trinajstić information content (AvgIpc) is 2.59. The van der Waals surface area contributed by atoms with Crippen LogP contribution in [-0.2, 0) is 0 Å². The van der Waals surface area contributed by atoms with E-state index in [0.29, 0.717) is 0 Å². The van der Waals surface area contributed by atoms with Gasteiger partial charge in [0.05, 0.1) is 5.69 Å². The van der Waals surface area contributed by atoms with Crippen molar-refractivity contribution < 1.29 is 0 Å². The number of hydrogen-bond acceptors (Lipinski definition) is 5. The third kappa shape index (κ3) is 2.13. The first-order valence-electron chi connectivity index (χ1n) is 5.05. The summed E-state index contributed by atoms with van der Waals surface area (Å²) in [4.78, 5) is 3.97. The molecule has 1 aromatic carbocycles. The number of nitrogens with zero attached hydrogens (tertiary/aromatic N) is 4. The lowest BCUT2D eigenvalue weighted by atomic mass is 10.3. The van der Waals surface area contributed by atoms with Gasteiger partial charge in [0.1, 0.15) is 0 Å². The minimum atomic E-state index is -0.0578. The number of rotatable bonds is 2. The van der Waals surface area contributed by atoms with E-state index in [0.717, 1.165) is 11.4 Å². The van der Waals surface area contributed by atoms with Crippen molar-refractivity contribution in [1.82, 2.24) is 9.80 Å². The molecule has 0 saturated heterocycles. The Labute approximate surface area is 94.9 Å². The summed E-state index contributed by atoms with van der Waals surface area (Å²) < 4.78 is 0. The molecule has 0 radical (unpaired) electrons. The molecule has 0 amide bonds. The molecule has 16 heavy (non-hydrogen) atoms. The minimum absolute atomic E-state index is 0.0578. The highest BCUT2D eigenvalue weighted by molar-refractivity contribution is 5.47. The van der Waals surface area contributed by atoms with Crippen molar-refractivity contribution in [3.63, 3.8) is 0 Å². The van der Waals surface area contributed by atoms with Crippen molar-refractivity contribution in [2.45, 2.75) is 6.29 Å². The van der Waals surface area contributed by atoms with Gasteiger partial charge in [0.25, 0.3) is 0 Å². The highest BCUT2D eigenvalue weighted by atomic mass is 15.5. The number of nitrogen functional groups attached to an aromatic ring is 1. The van der Waals surface area contributed by atoms with Gasteiger partial charge in [-0.15, -0.1) is 5.11 Å². The SMILES string of the molecule is CN1C=CN(C)C1/N=N/c1ccc(N)cc1. The second kappa shape index (κ2) is 4.22. The summed E-state index contributed by atoms with van der Waals surface area (Å²) in [5.41, 5.74) is 7.13. The summed E-state index contributed by atoms with van der Waals surface area (Å²) in [6.45, 7) is 0. The molecular formula is C11H15N5. The van der Waals surface area contributed by atoms with E-state index in [4.69, 9.17) is 5.73 Å². The van der Waals surface area contributed by atoms with Crippen LogP contribution >= 0.6 is 0 Å². The van der Waals surface area contributed by atoms with Crippen molar-refractivity contribution in [3.8, 4) is 0 Å². The van der Waals surface area contributed by atoms with Crippen LogP contribution in [0.25, 0.3) is 0 Å². The number of azo groups is 1. The zero-order valence-electron chi connectivity index (χ0n) is 9.41. The molecule has 2 N–H and O–H groups in total. The van der Waals surface area contributed by atoms with Crippen molar-refractivity contribution in [3.05, 3.63) is 36.7 Å². The van der Waals surface area contributed by atoms with E-state index < -0.39 is 0 Å². The Morgan fingerprint density at radius 2 is 1.62 bits per heavy atom. The van der Waals surface area contributed by atoms with Gasteiger partial charge < -0.3 is 15.5 Å². The van der Waals surface area contributed by atoms with Crippen LogP contribution in [0.5, 0.6) is 0 Å². The lowest BCUT2D eigenvalue weighted by Gasteiger charge is -2.21. The fraction of sp³-hybridized carbons (Fsp3) is 0.273. The molecule has 1 aromatic rings. The van der Waals surface area contributed by atoms with Gasteiger partial charge in [0, 0.05) is 32.2 Å². The standard InChI is InChI=1S/C11H15N5/c1-15-7-8-16(2)11(15)14-13-10-5-3-9(12)4-6-10/h3-8,11H,12H2,1-2H3/b14-13+. The monoisotopic (exact) mass is 217 g/mol. The number of anilines is 1. The lowest BCUT2D eigenvalue weighted by Crippen LogP contribution is -2.31. The Kier molecular flexibility index (Phi) is 2.76. The molecule has 0 spiro atoms. The van der Waals surface area contributed by atoms with Gasteiger partial charge in [-0.2, -0.15) is 5.11 Å². The number of hydrogen-bond donors (Lipinski definition) is 1. The third-order valence-corrected chi connectivity index (χ3v) is 2.44. The van der Waals surface area contributed by atoms with Crippen LogP contribution in [0.3, 0.4) is 0 Å². The van der Waals surface area contributed by atoms with E-state index in [2.05, 4.69) is 10.2 Å². The quantitative estimate of drug-likeness (QED) is 0.608. The van der Waals surface area contributed by atoms with E-state index in [1.54, 1.807) is 0 Å². The molecule has 5 nitrogen and oxygen atoms in total. The summed E-state index contributed by atoms with van der Waals surface area (Å²) in [6.07, 6.45) is 3.87. The van der Waals surface area contributed by atoms with E-state index in [1.807, 2.05) is 60.6 Å². The van der Waals surface area contributed by atoms with Gasteiger partial charge >= 0.3 is 0 Å². The lowest BCUT2D eigenvalue weighted by molar-refractivity contribution is 0.206. The number of benzene rings is 1. The maximum atomic E-state index is 5.59. The molecule has 0 aromatic heterocycles. The van der Waals surface area contributed by atoms with Gasteiger partial charge in [-0.1, -0.05) is 0 Å². The molecule has 5 heteroatoms. The molecule has 84 valence electrons. The first kappa shape index (κ1) is 10.5. The highest BCUT2D eigenvalue weighted by Crippen LogP contribution is 2.18. The summed E-state index contributed by atoms with van der Waals surface area (Å²) in [7, 11) is 3.93. The zero-order valence-corrected chi connectivity index (χ0v) is 9.41. The van der Waals surface area contributed by atoms with Crippen LogP contribution in [0.1, 0.15) is 0 Å². The molecule has 0 unspecified atom stereocenters. The largest absolute Gasteiger partial charge is 0.399 e. The first-order valence-corrected chi connectivity index (χ1v) is 5.05. The van der Waals surface area contributed by atoms with Crippen LogP contribution in [0.2, 0.25) is 0 Å². The second-order valence-corrected chi connectivity index (χ2v) is 3.78. The Morgan fingerprint density at radius 1 is 1.06 bits per heavy atom. The smallest absolute Gasteiger partial charge is 0.217 e. The van der Waals surface area contributed by atoms with Crippen LogP contribution in [0, 0.1) is 0 Å². The molecule has 1 heterocycles. The molecular weight excluding hydrogens is 202 g/mol. The Bertz CT molecular complexity index is 397. The molecule has 0 atom stereocenters. The summed E-state index contributed by atoms with van der Waals surface area (Å²) in [5, 5.41) is 8.43. The average molecular weight is 217 g/mol.